The van der Waals surface area contributed by atoms with E-state index in [0.717, 1.165) is 0 Å². The van der Waals surface area contributed by atoms with Crippen molar-refractivity contribution in [2.75, 3.05) is 19.7 Å². The van der Waals surface area contributed by atoms with Crippen LogP contribution in [0.3, 0.4) is 0 Å². The Morgan fingerprint density at radius 2 is 2.10 bits per heavy atom. The van der Waals surface area contributed by atoms with Crippen LogP contribution in [0.4, 0.5) is 0 Å². The predicted molar refractivity (Wildman–Crippen MR) is 67.7 cm³/mol. The van der Waals surface area contributed by atoms with Crippen LogP contribution in [0.1, 0.15) is 16.8 Å². The Morgan fingerprint density at radius 1 is 1.35 bits per heavy atom. The summed E-state index contributed by atoms with van der Waals surface area (Å²) in [6.07, 6.45) is -0.750. The molecule has 7 nitrogen and oxygen atoms in total. The highest BCUT2D eigenvalue weighted by molar-refractivity contribution is 5.97. The molecule has 0 aliphatic carbocycles. The van der Waals surface area contributed by atoms with E-state index in [-0.39, 0.29) is 30.9 Å². The van der Waals surface area contributed by atoms with E-state index >= 15 is 0 Å². The number of nitrogens with zero attached hydrogens (tertiary/aromatic N) is 1. The number of morpholine rings is 1. The second-order valence-electron chi connectivity index (χ2n) is 4.52. The van der Waals surface area contributed by atoms with Crippen LogP contribution in [0.5, 0.6) is 11.5 Å². The summed E-state index contributed by atoms with van der Waals surface area (Å²) in [6, 6.07) is 4.13. The van der Waals surface area contributed by atoms with Crippen molar-refractivity contribution in [3.8, 4) is 11.5 Å². The van der Waals surface area contributed by atoms with Crippen molar-refractivity contribution in [3.05, 3.63) is 23.8 Å². The van der Waals surface area contributed by atoms with Crippen molar-refractivity contribution in [2.45, 2.75) is 12.5 Å². The molecule has 1 aromatic rings. The maximum atomic E-state index is 12.3. The third kappa shape index (κ3) is 3.00. The number of ether oxygens (including phenoxy) is 1. The molecule has 1 heterocycles. The Morgan fingerprint density at radius 3 is 2.80 bits per heavy atom. The lowest BCUT2D eigenvalue weighted by atomic mass is 10.1. The van der Waals surface area contributed by atoms with Gasteiger partial charge in [-0.15, -0.1) is 0 Å². The molecule has 1 amide bonds. The minimum absolute atomic E-state index is 0.0130. The topological polar surface area (TPSA) is 107 Å². The monoisotopic (exact) mass is 281 g/mol. The van der Waals surface area contributed by atoms with Gasteiger partial charge in [-0.25, -0.2) is 0 Å². The van der Waals surface area contributed by atoms with Crippen molar-refractivity contribution in [3.63, 3.8) is 0 Å². The zero-order valence-electron chi connectivity index (χ0n) is 10.7. The third-order valence-electron chi connectivity index (χ3n) is 3.07. The van der Waals surface area contributed by atoms with Gasteiger partial charge in [0.05, 0.1) is 24.7 Å². The Labute approximate surface area is 115 Å². The maximum Gasteiger partial charge on any atom is 0.306 e. The van der Waals surface area contributed by atoms with E-state index in [4.69, 9.17) is 9.84 Å². The minimum atomic E-state index is -0.996. The zero-order chi connectivity index (χ0) is 14.7. The van der Waals surface area contributed by atoms with E-state index in [1.807, 2.05) is 0 Å². The summed E-state index contributed by atoms with van der Waals surface area (Å²) >= 11 is 0. The van der Waals surface area contributed by atoms with E-state index < -0.39 is 23.7 Å². The summed E-state index contributed by atoms with van der Waals surface area (Å²) in [5, 5.41) is 27.8. The highest BCUT2D eigenvalue weighted by Gasteiger charge is 2.28. The van der Waals surface area contributed by atoms with E-state index in [9.17, 15) is 19.8 Å². The van der Waals surface area contributed by atoms with Gasteiger partial charge in [0.25, 0.3) is 5.91 Å². The molecule has 20 heavy (non-hydrogen) atoms. The molecule has 1 aromatic carbocycles. The first kappa shape index (κ1) is 14.1. The SMILES string of the molecule is O=C(O)CC1CN(C(=O)c2cccc(O)c2O)CCO1. The molecule has 108 valence electrons. The highest BCUT2D eigenvalue weighted by atomic mass is 16.5. The molecular weight excluding hydrogens is 266 g/mol. The maximum absolute atomic E-state index is 12.3. The molecule has 1 atom stereocenters. The van der Waals surface area contributed by atoms with Crippen LogP contribution in [-0.4, -0.2) is 57.9 Å². The number of rotatable bonds is 3. The van der Waals surface area contributed by atoms with Gasteiger partial charge in [0.2, 0.25) is 0 Å². The molecule has 0 saturated carbocycles. The largest absolute Gasteiger partial charge is 0.504 e. The van der Waals surface area contributed by atoms with Crippen molar-refractivity contribution < 1.29 is 29.6 Å². The Balaban J connectivity index is 2.12. The number of aromatic hydroxyl groups is 2. The summed E-state index contributed by atoms with van der Waals surface area (Å²) < 4.78 is 5.27. The molecule has 0 bridgehead atoms. The van der Waals surface area contributed by atoms with E-state index in [1.54, 1.807) is 0 Å². The lowest BCUT2D eigenvalue weighted by Crippen LogP contribution is -2.46. The van der Waals surface area contributed by atoms with Crippen LogP contribution in [-0.2, 0) is 9.53 Å². The number of carboxylic acids is 1. The zero-order valence-corrected chi connectivity index (χ0v) is 10.7. The van der Waals surface area contributed by atoms with Crippen LogP contribution >= 0.6 is 0 Å². The molecule has 0 aromatic heterocycles. The Hall–Kier alpha value is -2.28. The molecule has 7 heteroatoms. The van der Waals surface area contributed by atoms with Crippen LogP contribution in [0.2, 0.25) is 0 Å². The number of phenols is 2. The van der Waals surface area contributed by atoms with Crippen LogP contribution < -0.4 is 0 Å². The molecule has 3 N–H and O–H groups in total. The van der Waals surface area contributed by atoms with Gasteiger partial charge >= 0.3 is 5.97 Å². The van der Waals surface area contributed by atoms with Gasteiger partial charge in [0, 0.05) is 13.1 Å². The molecule has 2 rings (SSSR count). The van der Waals surface area contributed by atoms with Crippen molar-refractivity contribution >= 4 is 11.9 Å². The molecule has 0 radical (unpaired) electrons. The number of amides is 1. The summed E-state index contributed by atoms with van der Waals surface area (Å²) in [5.41, 5.74) is -0.0130. The van der Waals surface area contributed by atoms with Crippen molar-refractivity contribution in [2.24, 2.45) is 0 Å². The summed E-state index contributed by atoms with van der Waals surface area (Å²) in [5.74, 6) is -2.30. The third-order valence-corrected chi connectivity index (χ3v) is 3.07. The second-order valence-corrected chi connectivity index (χ2v) is 4.52. The van der Waals surface area contributed by atoms with Gasteiger partial charge in [-0.3, -0.25) is 9.59 Å². The summed E-state index contributed by atoms with van der Waals surface area (Å²) in [6.45, 7) is 0.688. The number of hydrogen-bond donors (Lipinski definition) is 3. The fourth-order valence-electron chi connectivity index (χ4n) is 2.10. The Kier molecular flexibility index (Phi) is 4.09. The number of hydrogen-bond acceptors (Lipinski definition) is 5. The normalized spacial score (nSPS) is 18.8. The molecular formula is C13H15NO6. The number of para-hydroxylation sites is 1. The standard InChI is InChI=1S/C13H15NO6/c15-10-3-1-2-9(12(10)18)13(19)14-4-5-20-8(7-14)6-11(16)17/h1-3,8,15,18H,4-7H2,(H,16,17). The average molecular weight is 281 g/mol. The fourth-order valence-corrected chi connectivity index (χ4v) is 2.10. The number of carbonyl (C=O) groups is 2. The van der Waals surface area contributed by atoms with Gasteiger partial charge < -0.3 is 25.0 Å². The van der Waals surface area contributed by atoms with Crippen molar-refractivity contribution in [1.29, 1.82) is 0 Å². The number of phenolic OH excluding ortho intramolecular Hbond substituents is 2. The van der Waals surface area contributed by atoms with Crippen LogP contribution in [0, 0.1) is 0 Å². The number of benzene rings is 1. The number of carboxylic acid groups (broad SMARTS) is 1. The fraction of sp³-hybridized carbons (Fsp3) is 0.385. The lowest BCUT2D eigenvalue weighted by molar-refractivity contribution is -0.141. The van der Waals surface area contributed by atoms with Gasteiger partial charge in [-0.2, -0.15) is 0 Å². The molecule has 1 aliphatic rings. The van der Waals surface area contributed by atoms with Gasteiger partial charge in [-0.1, -0.05) is 6.07 Å². The number of carbonyl (C=O) groups excluding carboxylic acids is 1. The molecule has 1 fully saturated rings. The number of aliphatic carboxylic acids is 1. The van der Waals surface area contributed by atoms with E-state index in [2.05, 4.69) is 0 Å². The summed E-state index contributed by atoms with van der Waals surface area (Å²) in [4.78, 5) is 24.3. The average Bonchev–Trinajstić information content (AvgIpc) is 2.41. The first-order valence-electron chi connectivity index (χ1n) is 6.12. The van der Waals surface area contributed by atoms with Gasteiger partial charge in [0.15, 0.2) is 11.5 Å². The second kappa shape index (κ2) is 5.79. The molecule has 1 aliphatic heterocycles. The first-order valence-corrected chi connectivity index (χ1v) is 6.12. The predicted octanol–water partition coefficient (Wildman–Crippen LogP) is 0.413. The van der Waals surface area contributed by atoms with Crippen LogP contribution in [0.15, 0.2) is 18.2 Å². The minimum Gasteiger partial charge on any atom is -0.504 e. The van der Waals surface area contributed by atoms with Crippen LogP contribution in [0.25, 0.3) is 0 Å². The smallest absolute Gasteiger partial charge is 0.306 e. The first-order chi connectivity index (χ1) is 9.49. The van der Waals surface area contributed by atoms with Gasteiger partial charge in [-0.05, 0) is 12.1 Å². The highest BCUT2D eigenvalue weighted by Crippen LogP contribution is 2.29. The van der Waals surface area contributed by atoms with Gasteiger partial charge in [0.1, 0.15) is 0 Å². The van der Waals surface area contributed by atoms with E-state index in [1.165, 1.54) is 23.1 Å². The molecule has 1 unspecified atom stereocenters. The summed E-state index contributed by atoms with van der Waals surface area (Å²) in [7, 11) is 0. The Bertz CT molecular complexity index is 530. The molecule has 1 saturated heterocycles. The lowest BCUT2D eigenvalue weighted by Gasteiger charge is -2.32. The molecule has 0 spiro atoms. The quantitative estimate of drug-likeness (QED) is 0.693. The van der Waals surface area contributed by atoms with E-state index in [0.29, 0.717) is 6.54 Å². The van der Waals surface area contributed by atoms with Crippen molar-refractivity contribution in [1.82, 2.24) is 4.90 Å².